The summed E-state index contributed by atoms with van der Waals surface area (Å²) in [5.74, 6) is -2.95. The summed E-state index contributed by atoms with van der Waals surface area (Å²) in [6, 6.07) is 6.78. The summed E-state index contributed by atoms with van der Waals surface area (Å²) in [5, 5.41) is 11.0. The largest absolute Gasteiger partial charge is 0.409 e. The van der Waals surface area contributed by atoms with Gasteiger partial charge in [0.1, 0.15) is 0 Å². The molecule has 5 heteroatoms. The number of carbonyl (C=O) groups is 2. The van der Waals surface area contributed by atoms with Crippen molar-refractivity contribution in [1.29, 1.82) is 0 Å². The molecule has 5 nitrogen and oxygen atoms in total. The fourth-order valence-electron chi connectivity index (χ4n) is 4.57. The van der Waals surface area contributed by atoms with Gasteiger partial charge in [0, 0.05) is 0 Å². The molecule has 0 radical (unpaired) electrons. The van der Waals surface area contributed by atoms with Gasteiger partial charge in [-0.1, -0.05) is 24.3 Å². The lowest BCUT2D eigenvalue weighted by molar-refractivity contribution is -0.196. The van der Waals surface area contributed by atoms with E-state index in [0.29, 0.717) is 11.3 Å². The molecule has 1 aromatic rings. The number of fused-ring (bicyclic) bond motifs is 9. The molecule has 1 aromatic carbocycles. The lowest BCUT2D eigenvalue weighted by Crippen LogP contribution is -2.57. The number of amides is 1. The maximum Gasteiger partial charge on any atom is 0.344 e. The number of anilines is 1. The Kier molecular flexibility index (Phi) is 1.84. The molecule has 0 unspecified atom stereocenters. The molecule has 1 amide bonds. The monoisotopic (exact) mass is 283 g/mol. The minimum atomic E-state index is -1.84. The first-order chi connectivity index (χ1) is 10.1. The van der Waals surface area contributed by atoms with E-state index in [0.717, 1.165) is 6.42 Å². The summed E-state index contributed by atoms with van der Waals surface area (Å²) in [6.45, 7) is 0. The van der Waals surface area contributed by atoms with Crippen LogP contribution >= 0.6 is 0 Å². The molecule has 0 aromatic heterocycles. The van der Waals surface area contributed by atoms with E-state index in [1.807, 2.05) is 6.08 Å². The number of para-hydroxylation sites is 1. The van der Waals surface area contributed by atoms with Gasteiger partial charge in [-0.05, 0) is 30.4 Å². The summed E-state index contributed by atoms with van der Waals surface area (Å²) in [5.41, 5.74) is 0.783. The summed E-state index contributed by atoms with van der Waals surface area (Å²) in [4.78, 5) is 26.3. The van der Waals surface area contributed by atoms with Gasteiger partial charge in [0.25, 0.3) is 0 Å². The Labute approximate surface area is 120 Å². The zero-order valence-corrected chi connectivity index (χ0v) is 11.1. The highest BCUT2D eigenvalue weighted by atomic mass is 16.7. The molecule has 0 spiro atoms. The second-order valence-corrected chi connectivity index (χ2v) is 6.24. The van der Waals surface area contributed by atoms with Crippen molar-refractivity contribution in [3.8, 4) is 0 Å². The Bertz CT molecular complexity index is 727. The molecule has 2 aliphatic carbocycles. The van der Waals surface area contributed by atoms with Gasteiger partial charge in [-0.15, -0.1) is 0 Å². The van der Waals surface area contributed by atoms with Gasteiger partial charge in [-0.25, -0.2) is 9.69 Å². The van der Waals surface area contributed by atoms with E-state index < -0.39 is 11.9 Å². The average Bonchev–Trinajstić information content (AvgIpc) is 3.12. The van der Waals surface area contributed by atoms with Gasteiger partial charge in [0.15, 0.2) is 0 Å². The van der Waals surface area contributed by atoms with E-state index in [2.05, 4.69) is 6.08 Å². The number of rotatable bonds is 0. The third-order valence-electron chi connectivity index (χ3n) is 5.33. The van der Waals surface area contributed by atoms with Crippen molar-refractivity contribution >= 4 is 17.6 Å². The van der Waals surface area contributed by atoms with Gasteiger partial charge in [-0.2, -0.15) is 0 Å². The van der Waals surface area contributed by atoms with Gasteiger partial charge in [0.2, 0.25) is 5.91 Å². The van der Waals surface area contributed by atoms with Crippen molar-refractivity contribution in [1.82, 2.24) is 0 Å². The molecule has 5 atom stereocenters. The fourth-order valence-corrected chi connectivity index (χ4v) is 4.57. The van der Waals surface area contributed by atoms with Crippen molar-refractivity contribution in [3.63, 3.8) is 0 Å². The van der Waals surface area contributed by atoms with Gasteiger partial charge >= 0.3 is 11.9 Å². The number of esters is 1. The molecular formula is C16H13NO4. The minimum absolute atomic E-state index is 0.0945. The molecule has 2 fully saturated rings. The third-order valence-corrected chi connectivity index (χ3v) is 5.33. The van der Waals surface area contributed by atoms with E-state index in [-0.39, 0.29) is 29.6 Å². The zero-order valence-electron chi connectivity index (χ0n) is 11.1. The zero-order chi connectivity index (χ0) is 14.4. The number of aliphatic hydroxyl groups is 1. The summed E-state index contributed by atoms with van der Waals surface area (Å²) < 4.78 is 5.35. The Morgan fingerprint density at radius 2 is 1.95 bits per heavy atom. The third kappa shape index (κ3) is 1.14. The number of nitrogens with zero attached hydrogens (tertiary/aromatic N) is 1. The summed E-state index contributed by atoms with van der Waals surface area (Å²) in [7, 11) is 0. The molecule has 5 rings (SSSR count). The molecule has 1 saturated heterocycles. The number of allylic oxidation sites excluding steroid dienone is 2. The number of carbonyl (C=O) groups excluding carboxylic acids is 2. The van der Waals surface area contributed by atoms with Crippen LogP contribution in [0.1, 0.15) is 16.8 Å². The van der Waals surface area contributed by atoms with E-state index in [1.54, 1.807) is 24.3 Å². The SMILES string of the molecule is O=C1O[C@@]2(O)[C@@H]3[C@@H](C(=O)N2c2ccccc21)[C@H]1C=C[C@H]3C1. The van der Waals surface area contributed by atoms with Crippen molar-refractivity contribution in [2.45, 2.75) is 12.3 Å². The second kappa shape index (κ2) is 3.36. The normalized spacial score (nSPS) is 41.9. The van der Waals surface area contributed by atoms with Crippen LogP contribution in [-0.2, 0) is 9.53 Å². The van der Waals surface area contributed by atoms with E-state index in [1.165, 1.54) is 4.90 Å². The van der Waals surface area contributed by atoms with Crippen LogP contribution in [0.25, 0.3) is 0 Å². The first-order valence-electron chi connectivity index (χ1n) is 7.18. The van der Waals surface area contributed by atoms with Crippen LogP contribution in [0.4, 0.5) is 5.69 Å². The average molecular weight is 283 g/mol. The number of ether oxygens (including phenoxy) is 1. The van der Waals surface area contributed by atoms with Crippen LogP contribution in [0, 0.1) is 23.7 Å². The molecule has 4 aliphatic rings. The number of hydrogen-bond acceptors (Lipinski definition) is 4. The fraction of sp³-hybridized carbons (Fsp3) is 0.375. The Morgan fingerprint density at radius 3 is 2.81 bits per heavy atom. The van der Waals surface area contributed by atoms with Gasteiger partial charge < -0.3 is 9.84 Å². The topological polar surface area (TPSA) is 66.8 Å². The molecule has 2 bridgehead atoms. The first kappa shape index (κ1) is 11.5. The molecule has 21 heavy (non-hydrogen) atoms. The maximum absolute atomic E-state index is 12.8. The van der Waals surface area contributed by atoms with Crippen LogP contribution in [0.2, 0.25) is 0 Å². The van der Waals surface area contributed by atoms with Gasteiger partial charge in [-0.3, -0.25) is 4.79 Å². The van der Waals surface area contributed by atoms with Gasteiger partial charge in [0.05, 0.1) is 23.1 Å². The Morgan fingerprint density at radius 1 is 1.19 bits per heavy atom. The smallest absolute Gasteiger partial charge is 0.344 e. The van der Waals surface area contributed by atoms with Crippen molar-refractivity contribution in [3.05, 3.63) is 42.0 Å². The molecule has 1 saturated carbocycles. The lowest BCUT2D eigenvalue weighted by Gasteiger charge is -2.41. The van der Waals surface area contributed by atoms with Crippen molar-refractivity contribution < 1.29 is 19.4 Å². The standard InChI is InChI=1S/C16H13NO4/c18-14-12-8-5-6-9(7-8)13(12)16(20)17(14)11-4-2-1-3-10(11)15(19)21-16/h1-6,8-9,12-13,20H,7H2/t8-,9-,12-,13-,16-/m0/s1. The van der Waals surface area contributed by atoms with Crippen LogP contribution in [0.15, 0.2) is 36.4 Å². The van der Waals surface area contributed by atoms with Crippen LogP contribution in [-0.4, -0.2) is 22.9 Å². The van der Waals surface area contributed by atoms with Crippen molar-refractivity contribution in [2.24, 2.45) is 23.7 Å². The second-order valence-electron chi connectivity index (χ2n) is 6.24. The van der Waals surface area contributed by atoms with Crippen LogP contribution in [0.3, 0.4) is 0 Å². The van der Waals surface area contributed by atoms with Crippen LogP contribution in [0.5, 0.6) is 0 Å². The number of hydrogen-bond donors (Lipinski definition) is 1. The van der Waals surface area contributed by atoms with E-state index in [4.69, 9.17) is 4.74 Å². The quantitative estimate of drug-likeness (QED) is 0.575. The highest BCUT2D eigenvalue weighted by Crippen LogP contribution is 2.60. The predicted molar refractivity (Wildman–Crippen MR) is 72.0 cm³/mol. The van der Waals surface area contributed by atoms with E-state index in [9.17, 15) is 14.7 Å². The summed E-state index contributed by atoms with van der Waals surface area (Å²) in [6.07, 6.45) is 4.95. The molecule has 1 N–H and O–H groups in total. The molecule has 106 valence electrons. The molecule has 2 aliphatic heterocycles. The summed E-state index contributed by atoms with van der Waals surface area (Å²) >= 11 is 0. The maximum atomic E-state index is 12.8. The first-order valence-corrected chi connectivity index (χ1v) is 7.18. The number of benzene rings is 1. The highest BCUT2D eigenvalue weighted by Gasteiger charge is 2.70. The predicted octanol–water partition coefficient (Wildman–Crippen LogP) is 1.29. The highest BCUT2D eigenvalue weighted by molar-refractivity contribution is 6.08. The lowest BCUT2D eigenvalue weighted by atomic mass is 9.83. The van der Waals surface area contributed by atoms with Crippen LogP contribution < -0.4 is 4.90 Å². The Balaban J connectivity index is 1.74. The van der Waals surface area contributed by atoms with E-state index >= 15 is 0 Å². The van der Waals surface area contributed by atoms with Crippen molar-refractivity contribution in [2.75, 3.05) is 4.90 Å². The molecular weight excluding hydrogens is 270 g/mol. The molecule has 2 heterocycles. The minimum Gasteiger partial charge on any atom is -0.409 e. The Hall–Kier alpha value is -2.14.